The van der Waals surface area contributed by atoms with Crippen molar-refractivity contribution in [2.24, 2.45) is 5.10 Å². The molecule has 150 valence electrons. The van der Waals surface area contributed by atoms with Crippen molar-refractivity contribution in [2.75, 3.05) is 6.79 Å². The lowest BCUT2D eigenvalue weighted by Crippen LogP contribution is -2.32. The number of fused-ring (bicyclic) bond motifs is 1. The first kappa shape index (κ1) is 19.0. The van der Waals surface area contributed by atoms with Crippen LogP contribution in [0.2, 0.25) is 0 Å². The Hall–Kier alpha value is -4.33. The van der Waals surface area contributed by atoms with Crippen molar-refractivity contribution >= 4 is 24.1 Å². The molecule has 0 fully saturated rings. The van der Waals surface area contributed by atoms with Crippen LogP contribution >= 0.6 is 0 Å². The van der Waals surface area contributed by atoms with Gasteiger partial charge in [-0.1, -0.05) is 24.3 Å². The summed E-state index contributed by atoms with van der Waals surface area (Å²) in [5, 5.41) is 6.49. The molecule has 2 amide bonds. The Labute approximate surface area is 171 Å². The van der Waals surface area contributed by atoms with E-state index >= 15 is 0 Å². The number of nitrogens with zero attached hydrogens (tertiary/aromatic N) is 1. The molecule has 1 aromatic heterocycles. The van der Waals surface area contributed by atoms with Crippen molar-refractivity contribution in [1.29, 1.82) is 0 Å². The summed E-state index contributed by atoms with van der Waals surface area (Å²) >= 11 is 0. The Morgan fingerprint density at radius 1 is 0.967 bits per heavy atom. The monoisotopic (exact) mass is 403 g/mol. The number of hydrogen-bond acceptors (Lipinski definition) is 6. The summed E-state index contributed by atoms with van der Waals surface area (Å²) in [4.78, 5) is 25.2. The lowest BCUT2D eigenvalue weighted by molar-refractivity contribution is -0.117. The largest absolute Gasteiger partial charge is 0.463 e. The van der Waals surface area contributed by atoms with Crippen LogP contribution in [0.5, 0.6) is 11.5 Å². The summed E-state index contributed by atoms with van der Waals surface area (Å²) in [6.45, 7) is 0.141. The zero-order valence-corrected chi connectivity index (χ0v) is 15.7. The van der Waals surface area contributed by atoms with E-state index in [9.17, 15) is 9.59 Å². The molecule has 30 heavy (non-hydrogen) atoms. The molecule has 1 aliphatic heterocycles. The van der Waals surface area contributed by atoms with Crippen molar-refractivity contribution in [3.8, 4) is 11.5 Å². The fourth-order valence-electron chi connectivity index (χ4n) is 2.69. The molecule has 0 aliphatic carbocycles. The molecule has 3 aromatic rings. The maximum absolute atomic E-state index is 12.7. The molecule has 0 saturated heterocycles. The van der Waals surface area contributed by atoms with Crippen LogP contribution in [0.4, 0.5) is 0 Å². The van der Waals surface area contributed by atoms with Gasteiger partial charge in [-0.05, 0) is 48.0 Å². The lowest BCUT2D eigenvalue weighted by atomic mass is 10.1. The van der Waals surface area contributed by atoms with E-state index in [1.807, 2.05) is 0 Å². The lowest BCUT2D eigenvalue weighted by Gasteiger charge is -2.09. The number of carbonyl (C=O) groups excluding carboxylic acids is 2. The van der Waals surface area contributed by atoms with Crippen molar-refractivity contribution < 1.29 is 23.5 Å². The summed E-state index contributed by atoms with van der Waals surface area (Å²) in [7, 11) is 0. The SMILES string of the molecule is O=C(N/N=C/c1ccco1)/C(=C\c1ccc2c(c1)OCO2)NC(=O)c1ccccc1. The third-order valence-corrected chi connectivity index (χ3v) is 4.14. The first-order chi connectivity index (χ1) is 14.7. The molecule has 0 radical (unpaired) electrons. The average molecular weight is 403 g/mol. The predicted octanol–water partition coefficient (Wildman–Crippen LogP) is 2.93. The summed E-state index contributed by atoms with van der Waals surface area (Å²) < 4.78 is 15.8. The minimum Gasteiger partial charge on any atom is -0.463 e. The number of benzene rings is 2. The fraction of sp³-hybridized carbons (Fsp3) is 0.0455. The molecule has 2 aromatic carbocycles. The predicted molar refractivity (Wildman–Crippen MR) is 109 cm³/mol. The molecule has 2 N–H and O–H groups in total. The quantitative estimate of drug-likeness (QED) is 0.374. The van der Waals surface area contributed by atoms with Gasteiger partial charge >= 0.3 is 0 Å². The van der Waals surface area contributed by atoms with Crippen molar-refractivity contribution in [2.45, 2.75) is 0 Å². The number of nitrogens with one attached hydrogen (secondary N) is 2. The minimum absolute atomic E-state index is 0.0133. The second kappa shape index (κ2) is 8.78. The molecule has 0 saturated carbocycles. The molecule has 8 heteroatoms. The number of furan rings is 1. The van der Waals surface area contributed by atoms with E-state index in [-0.39, 0.29) is 12.5 Å². The zero-order chi connectivity index (χ0) is 20.8. The zero-order valence-electron chi connectivity index (χ0n) is 15.7. The minimum atomic E-state index is -0.597. The van der Waals surface area contributed by atoms with Gasteiger partial charge in [0.15, 0.2) is 11.5 Å². The van der Waals surface area contributed by atoms with Crippen LogP contribution in [-0.2, 0) is 4.79 Å². The van der Waals surface area contributed by atoms with Gasteiger partial charge in [-0.15, -0.1) is 0 Å². The molecule has 0 bridgehead atoms. The van der Waals surface area contributed by atoms with Gasteiger partial charge in [0, 0.05) is 5.56 Å². The summed E-state index contributed by atoms with van der Waals surface area (Å²) in [6.07, 6.45) is 4.38. The maximum atomic E-state index is 12.7. The molecule has 2 heterocycles. The molecule has 1 aliphatic rings. The molecule has 4 rings (SSSR count). The third kappa shape index (κ3) is 4.56. The smallest absolute Gasteiger partial charge is 0.287 e. The summed E-state index contributed by atoms with van der Waals surface area (Å²) in [5.41, 5.74) is 3.46. The van der Waals surface area contributed by atoms with E-state index in [2.05, 4.69) is 15.8 Å². The van der Waals surface area contributed by atoms with Gasteiger partial charge in [-0.2, -0.15) is 5.10 Å². The molecule has 0 unspecified atom stereocenters. The van der Waals surface area contributed by atoms with Crippen LogP contribution in [0.15, 0.2) is 82.1 Å². The average Bonchev–Trinajstić information content (AvgIpc) is 3.45. The highest BCUT2D eigenvalue weighted by molar-refractivity contribution is 6.05. The van der Waals surface area contributed by atoms with Crippen molar-refractivity contribution in [1.82, 2.24) is 10.7 Å². The number of hydrogen-bond donors (Lipinski definition) is 2. The molecule has 8 nitrogen and oxygen atoms in total. The van der Waals surface area contributed by atoms with Gasteiger partial charge in [-0.25, -0.2) is 5.43 Å². The summed E-state index contributed by atoms with van der Waals surface area (Å²) in [6, 6.07) is 17.2. The Morgan fingerprint density at radius 2 is 1.80 bits per heavy atom. The number of carbonyl (C=O) groups is 2. The first-order valence-electron chi connectivity index (χ1n) is 9.04. The summed E-state index contributed by atoms with van der Waals surface area (Å²) in [5.74, 6) is 0.640. The second-order valence-corrected chi connectivity index (χ2v) is 6.21. The topological polar surface area (TPSA) is 102 Å². The molecular formula is C22H17N3O5. The van der Waals surface area contributed by atoms with Crippen molar-refractivity contribution in [3.63, 3.8) is 0 Å². The van der Waals surface area contributed by atoms with Crippen LogP contribution in [0.1, 0.15) is 21.7 Å². The van der Waals surface area contributed by atoms with Crippen LogP contribution in [-0.4, -0.2) is 24.8 Å². The van der Waals surface area contributed by atoms with E-state index in [1.54, 1.807) is 60.7 Å². The Balaban J connectivity index is 1.56. The van der Waals surface area contributed by atoms with Gasteiger partial charge in [0.25, 0.3) is 11.8 Å². The highest BCUT2D eigenvalue weighted by Crippen LogP contribution is 2.33. The fourth-order valence-corrected chi connectivity index (χ4v) is 2.69. The number of ether oxygens (including phenoxy) is 2. The van der Waals surface area contributed by atoms with E-state index in [4.69, 9.17) is 13.9 Å². The Bertz CT molecular complexity index is 1110. The van der Waals surface area contributed by atoms with Crippen LogP contribution in [0.3, 0.4) is 0 Å². The second-order valence-electron chi connectivity index (χ2n) is 6.21. The van der Waals surface area contributed by atoms with Crippen molar-refractivity contribution in [3.05, 3.63) is 89.5 Å². The van der Waals surface area contributed by atoms with Crippen LogP contribution in [0, 0.1) is 0 Å². The number of hydrazone groups is 1. The Morgan fingerprint density at radius 3 is 2.60 bits per heavy atom. The molecular weight excluding hydrogens is 386 g/mol. The van der Waals surface area contributed by atoms with Gasteiger partial charge in [0.1, 0.15) is 11.5 Å². The van der Waals surface area contributed by atoms with Gasteiger partial charge in [-0.3, -0.25) is 9.59 Å². The molecule has 0 atom stereocenters. The van der Waals surface area contributed by atoms with Gasteiger partial charge < -0.3 is 19.2 Å². The van der Waals surface area contributed by atoms with Gasteiger partial charge in [0.2, 0.25) is 6.79 Å². The Kier molecular flexibility index (Phi) is 5.56. The van der Waals surface area contributed by atoms with E-state index in [1.165, 1.54) is 18.6 Å². The van der Waals surface area contributed by atoms with E-state index in [0.29, 0.717) is 28.4 Å². The number of amides is 2. The van der Waals surface area contributed by atoms with Gasteiger partial charge in [0.05, 0.1) is 12.5 Å². The highest BCUT2D eigenvalue weighted by Gasteiger charge is 2.16. The van der Waals surface area contributed by atoms with Crippen LogP contribution < -0.4 is 20.2 Å². The maximum Gasteiger partial charge on any atom is 0.287 e. The number of rotatable bonds is 6. The normalized spacial score (nSPS) is 12.7. The molecule has 0 spiro atoms. The highest BCUT2D eigenvalue weighted by atomic mass is 16.7. The van der Waals surface area contributed by atoms with E-state index < -0.39 is 11.8 Å². The van der Waals surface area contributed by atoms with E-state index in [0.717, 1.165) is 0 Å². The first-order valence-corrected chi connectivity index (χ1v) is 9.04. The standard InChI is InChI=1S/C22H17N3O5/c26-21(16-5-2-1-3-6-16)24-18(22(27)25-23-13-17-7-4-10-28-17)11-15-8-9-19-20(12-15)30-14-29-19/h1-13H,14H2,(H,24,26)(H,25,27)/b18-11+,23-13+. The van der Waals surface area contributed by atoms with Crippen LogP contribution in [0.25, 0.3) is 6.08 Å². The third-order valence-electron chi connectivity index (χ3n) is 4.14.